The van der Waals surface area contributed by atoms with Gasteiger partial charge in [-0.2, -0.15) is 5.10 Å². The first-order valence-corrected chi connectivity index (χ1v) is 6.53. The monoisotopic (exact) mass is 304 g/mol. The van der Waals surface area contributed by atoms with Crippen LogP contribution in [0.3, 0.4) is 0 Å². The van der Waals surface area contributed by atoms with Crippen LogP contribution in [0.1, 0.15) is 11.4 Å². The number of hydrogen-bond acceptors (Lipinski definition) is 5. The fraction of sp³-hybridized carbons (Fsp3) is 0.286. The first-order valence-electron chi connectivity index (χ1n) is 6.53. The van der Waals surface area contributed by atoms with Crippen molar-refractivity contribution < 1.29 is 14.5 Å². The number of aryl methyl sites for hydroxylation is 2. The molecular formula is C14H16N4O4. The Morgan fingerprint density at radius 1 is 1.36 bits per heavy atom. The summed E-state index contributed by atoms with van der Waals surface area (Å²) in [6.45, 7) is 3.72. The van der Waals surface area contributed by atoms with Crippen LogP contribution in [0, 0.1) is 24.0 Å². The fourth-order valence-corrected chi connectivity index (χ4v) is 2.05. The molecule has 0 bridgehead atoms. The van der Waals surface area contributed by atoms with Gasteiger partial charge in [0, 0.05) is 17.8 Å². The number of nitro groups is 1. The van der Waals surface area contributed by atoms with Crippen LogP contribution in [0.25, 0.3) is 0 Å². The van der Waals surface area contributed by atoms with Gasteiger partial charge >= 0.3 is 0 Å². The van der Waals surface area contributed by atoms with Crippen LogP contribution in [-0.4, -0.2) is 27.7 Å². The van der Waals surface area contributed by atoms with E-state index in [1.54, 1.807) is 4.68 Å². The molecular weight excluding hydrogens is 288 g/mol. The Morgan fingerprint density at radius 2 is 2.09 bits per heavy atom. The normalized spacial score (nSPS) is 10.3. The highest BCUT2D eigenvalue weighted by atomic mass is 16.6. The number of ether oxygens (including phenoxy) is 1. The summed E-state index contributed by atoms with van der Waals surface area (Å²) in [5.74, 6) is -0.0237. The maximum Gasteiger partial charge on any atom is 0.275 e. The van der Waals surface area contributed by atoms with Gasteiger partial charge in [0.1, 0.15) is 12.3 Å². The van der Waals surface area contributed by atoms with Gasteiger partial charge in [-0.15, -0.1) is 0 Å². The van der Waals surface area contributed by atoms with E-state index in [0.717, 1.165) is 11.4 Å². The van der Waals surface area contributed by atoms with Crippen LogP contribution in [-0.2, 0) is 11.3 Å². The van der Waals surface area contributed by atoms with Gasteiger partial charge in [0.05, 0.1) is 29.5 Å². The van der Waals surface area contributed by atoms with E-state index in [2.05, 4.69) is 10.4 Å². The number of carbonyl (C=O) groups is 1. The van der Waals surface area contributed by atoms with Crippen molar-refractivity contribution in [3.8, 4) is 5.75 Å². The predicted molar refractivity (Wildman–Crippen MR) is 80.0 cm³/mol. The minimum Gasteiger partial charge on any atom is -0.496 e. The SMILES string of the molecule is COc1cc(NC(=O)Cn2nc(C)cc2C)cc([N+](=O)[O-])c1. The Kier molecular flexibility index (Phi) is 4.40. The molecule has 0 spiro atoms. The molecule has 2 aromatic rings. The molecule has 8 nitrogen and oxygen atoms in total. The maximum atomic E-state index is 12.0. The molecule has 0 unspecified atom stereocenters. The number of nitrogens with zero attached hydrogens (tertiary/aromatic N) is 3. The lowest BCUT2D eigenvalue weighted by molar-refractivity contribution is -0.384. The largest absolute Gasteiger partial charge is 0.496 e. The molecule has 1 amide bonds. The van der Waals surface area contributed by atoms with Crippen molar-refractivity contribution in [3.05, 3.63) is 45.8 Å². The van der Waals surface area contributed by atoms with Crippen molar-refractivity contribution >= 4 is 17.3 Å². The van der Waals surface area contributed by atoms with E-state index in [0.29, 0.717) is 11.4 Å². The summed E-state index contributed by atoms with van der Waals surface area (Å²) in [5.41, 5.74) is 1.84. The molecule has 1 N–H and O–H groups in total. The van der Waals surface area contributed by atoms with Crippen LogP contribution in [0.2, 0.25) is 0 Å². The Hall–Kier alpha value is -2.90. The third kappa shape index (κ3) is 3.60. The van der Waals surface area contributed by atoms with Crippen LogP contribution in [0.5, 0.6) is 5.75 Å². The summed E-state index contributed by atoms with van der Waals surface area (Å²) in [7, 11) is 1.40. The summed E-state index contributed by atoms with van der Waals surface area (Å²) in [5, 5.41) is 17.7. The van der Waals surface area contributed by atoms with E-state index in [4.69, 9.17) is 4.74 Å². The lowest BCUT2D eigenvalue weighted by atomic mass is 10.2. The molecule has 1 aromatic heterocycles. The van der Waals surface area contributed by atoms with Crippen LogP contribution < -0.4 is 10.1 Å². The van der Waals surface area contributed by atoms with E-state index >= 15 is 0 Å². The number of hydrogen-bond donors (Lipinski definition) is 1. The summed E-state index contributed by atoms with van der Waals surface area (Å²) in [4.78, 5) is 22.4. The zero-order valence-corrected chi connectivity index (χ0v) is 12.5. The lowest BCUT2D eigenvalue weighted by Gasteiger charge is -2.08. The highest BCUT2D eigenvalue weighted by Gasteiger charge is 2.13. The molecule has 116 valence electrons. The van der Waals surface area contributed by atoms with E-state index in [1.807, 2.05) is 19.9 Å². The second kappa shape index (κ2) is 6.25. The molecule has 0 aliphatic rings. The second-order valence-electron chi connectivity index (χ2n) is 4.81. The number of nitrogens with one attached hydrogen (secondary N) is 1. The van der Waals surface area contributed by atoms with Gasteiger partial charge in [0.2, 0.25) is 5.91 Å². The van der Waals surface area contributed by atoms with Crippen molar-refractivity contribution in [1.82, 2.24) is 9.78 Å². The highest BCUT2D eigenvalue weighted by Crippen LogP contribution is 2.25. The topological polar surface area (TPSA) is 99.3 Å². The minimum absolute atomic E-state index is 0.0324. The molecule has 0 radical (unpaired) electrons. The number of aromatic nitrogens is 2. The molecule has 0 aliphatic carbocycles. The maximum absolute atomic E-state index is 12.0. The average molecular weight is 304 g/mol. The van der Waals surface area contributed by atoms with E-state index in [1.165, 1.54) is 25.3 Å². The summed E-state index contributed by atoms with van der Waals surface area (Å²) in [6.07, 6.45) is 0. The third-order valence-corrected chi connectivity index (χ3v) is 3.02. The van der Waals surface area contributed by atoms with Crippen LogP contribution >= 0.6 is 0 Å². The molecule has 8 heteroatoms. The van der Waals surface area contributed by atoms with Gasteiger partial charge < -0.3 is 10.1 Å². The highest BCUT2D eigenvalue weighted by molar-refractivity contribution is 5.91. The zero-order chi connectivity index (χ0) is 16.3. The first kappa shape index (κ1) is 15.5. The molecule has 2 rings (SSSR count). The minimum atomic E-state index is -0.542. The van der Waals surface area contributed by atoms with Gasteiger partial charge in [0.15, 0.2) is 0 Å². The Morgan fingerprint density at radius 3 is 2.64 bits per heavy atom. The Bertz CT molecular complexity index is 724. The lowest BCUT2D eigenvalue weighted by Crippen LogP contribution is -2.20. The number of amides is 1. The third-order valence-electron chi connectivity index (χ3n) is 3.02. The summed E-state index contributed by atoms with van der Waals surface area (Å²) in [6, 6.07) is 5.95. The van der Waals surface area contributed by atoms with E-state index < -0.39 is 4.92 Å². The Labute approximate surface area is 126 Å². The molecule has 1 heterocycles. The molecule has 0 saturated carbocycles. The smallest absolute Gasteiger partial charge is 0.275 e. The standard InChI is InChI=1S/C14H16N4O4/c1-9-4-10(2)17(16-9)8-14(19)15-11-5-12(18(20)21)7-13(6-11)22-3/h4-7H,8H2,1-3H3,(H,15,19). The summed E-state index contributed by atoms with van der Waals surface area (Å²) >= 11 is 0. The molecule has 0 aliphatic heterocycles. The quantitative estimate of drug-likeness (QED) is 0.673. The molecule has 0 fully saturated rings. The summed E-state index contributed by atoms with van der Waals surface area (Å²) < 4.78 is 6.56. The first-order chi connectivity index (χ1) is 10.4. The van der Waals surface area contributed by atoms with E-state index in [9.17, 15) is 14.9 Å². The molecule has 0 saturated heterocycles. The van der Waals surface area contributed by atoms with Crippen LogP contribution in [0.4, 0.5) is 11.4 Å². The van der Waals surface area contributed by atoms with Crippen molar-refractivity contribution in [2.45, 2.75) is 20.4 Å². The number of non-ortho nitro benzene ring substituents is 1. The number of nitro benzene ring substituents is 1. The predicted octanol–water partition coefficient (Wildman–Crippen LogP) is 2.06. The molecule has 0 atom stereocenters. The number of anilines is 1. The number of carbonyl (C=O) groups excluding carboxylic acids is 1. The van der Waals surface area contributed by atoms with Crippen molar-refractivity contribution in [3.63, 3.8) is 0 Å². The van der Waals surface area contributed by atoms with Crippen molar-refractivity contribution in [2.75, 3.05) is 12.4 Å². The van der Waals surface area contributed by atoms with Crippen LogP contribution in [0.15, 0.2) is 24.3 Å². The van der Waals surface area contributed by atoms with E-state index in [-0.39, 0.29) is 18.1 Å². The number of benzene rings is 1. The van der Waals surface area contributed by atoms with Crippen molar-refractivity contribution in [1.29, 1.82) is 0 Å². The zero-order valence-electron chi connectivity index (χ0n) is 12.5. The van der Waals surface area contributed by atoms with Gasteiger partial charge in [-0.05, 0) is 19.9 Å². The fourth-order valence-electron chi connectivity index (χ4n) is 2.05. The van der Waals surface area contributed by atoms with Gasteiger partial charge in [-0.1, -0.05) is 0 Å². The number of rotatable bonds is 5. The Balaban J connectivity index is 2.15. The van der Waals surface area contributed by atoms with Gasteiger partial charge in [-0.25, -0.2) is 0 Å². The second-order valence-corrected chi connectivity index (χ2v) is 4.81. The van der Waals surface area contributed by atoms with Crippen molar-refractivity contribution in [2.24, 2.45) is 0 Å². The average Bonchev–Trinajstić information content (AvgIpc) is 2.76. The number of methoxy groups -OCH3 is 1. The van der Waals surface area contributed by atoms with Gasteiger partial charge in [-0.3, -0.25) is 19.6 Å². The molecule has 1 aromatic carbocycles. The van der Waals surface area contributed by atoms with Gasteiger partial charge in [0.25, 0.3) is 5.69 Å². The molecule has 22 heavy (non-hydrogen) atoms.